The summed E-state index contributed by atoms with van der Waals surface area (Å²) in [6.07, 6.45) is 0.467. The molecule has 31 heavy (non-hydrogen) atoms. The molecule has 0 unspecified atom stereocenters. The molecule has 0 bridgehead atoms. The van der Waals surface area contributed by atoms with Crippen molar-refractivity contribution in [3.8, 4) is 10.6 Å². The zero-order valence-electron chi connectivity index (χ0n) is 17.0. The first-order chi connectivity index (χ1) is 14.6. The number of nitrogens with zero attached hydrogens (tertiary/aromatic N) is 2. The van der Waals surface area contributed by atoms with E-state index in [0.29, 0.717) is 27.4 Å². The van der Waals surface area contributed by atoms with E-state index in [9.17, 15) is 22.7 Å². The molecular weight excluding hydrogens is 463 g/mol. The number of aromatic nitrogens is 1. The van der Waals surface area contributed by atoms with Crippen LogP contribution >= 0.6 is 22.9 Å². The summed E-state index contributed by atoms with van der Waals surface area (Å²) in [6.45, 7) is 5.30. The predicted octanol–water partition coefficient (Wildman–Crippen LogP) is 5.39. The lowest BCUT2D eigenvalue weighted by Crippen LogP contribution is -2.31. The summed E-state index contributed by atoms with van der Waals surface area (Å²) in [4.78, 5) is 16.6. The number of hydrogen-bond donors (Lipinski definition) is 1. The number of carbonyl (C=O) groups is 1. The van der Waals surface area contributed by atoms with E-state index in [0.717, 1.165) is 4.31 Å². The van der Waals surface area contributed by atoms with Crippen molar-refractivity contribution < 1.29 is 22.7 Å². The number of carboxylic acids is 1. The molecule has 1 N–H and O–H groups in total. The summed E-state index contributed by atoms with van der Waals surface area (Å²) < 4.78 is 41.4. The number of benzene rings is 2. The Morgan fingerprint density at radius 3 is 2.52 bits per heavy atom. The molecule has 1 aromatic heterocycles. The lowest BCUT2D eigenvalue weighted by atomic mass is 10.1. The molecule has 0 saturated heterocycles. The lowest BCUT2D eigenvalue weighted by molar-refractivity contribution is 0.0695. The second-order valence-corrected chi connectivity index (χ2v) is 10.1. The van der Waals surface area contributed by atoms with Crippen LogP contribution in [0.25, 0.3) is 10.6 Å². The van der Waals surface area contributed by atoms with E-state index in [2.05, 4.69) is 4.98 Å². The first-order valence-corrected chi connectivity index (χ1v) is 12.0. The number of sulfonamides is 1. The van der Waals surface area contributed by atoms with Crippen LogP contribution in [-0.4, -0.2) is 31.0 Å². The van der Waals surface area contributed by atoms with Gasteiger partial charge in [-0.05, 0) is 56.2 Å². The molecule has 0 radical (unpaired) electrons. The minimum Gasteiger partial charge on any atom is -0.478 e. The van der Waals surface area contributed by atoms with Crippen molar-refractivity contribution in [2.45, 2.75) is 32.1 Å². The molecule has 1 heterocycles. The smallest absolute Gasteiger partial charge is 0.336 e. The Balaban J connectivity index is 2.07. The van der Waals surface area contributed by atoms with Gasteiger partial charge in [0.15, 0.2) is 5.82 Å². The van der Waals surface area contributed by atoms with Crippen molar-refractivity contribution in [2.75, 3.05) is 10.8 Å². The van der Waals surface area contributed by atoms with Gasteiger partial charge in [-0.3, -0.25) is 0 Å². The van der Waals surface area contributed by atoms with E-state index in [1.165, 1.54) is 47.7 Å². The normalized spacial score (nSPS) is 11.5. The highest BCUT2D eigenvalue weighted by atomic mass is 35.5. The number of anilines is 1. The molecule has 2 aromatic carbocycles. The Morgan fingerprint density at radius 1 is 1.23 bits per heavy atom. The third-order valence-corrected chi connectivity index (χ3v) is 7.90. The summed E-state index contributed by atoms with van der Waals surface area (Å²) in [5.74, 6) is -1.50. The van der Waals surface area contributed by atoms with Gasteiger partial charge >= 0.3 is 5.97 Å². The second kappa shape index (κ2) is 8.94. The van der Waals surface area contributed by atoms with Gasteiger partial charge in [0.2, 0.25) is 0 Å². The van der Waals surface area contributed by atoms with Gasteiger partial charge in [0.25, 0.3) is 10.0 Å². The molecular formula is C21H20ClFN2O4S2. The molecule has 0 amide bonds. The highest BCUT2D eigenvalue weighted by molar-refractivity contribution is 7.92. The van der Waals surface area contributed by atoms with E-state index >= 15 is 0 Å². The fourth-order valence-electron chi connectivity index (χ4n) is 3.16. The topological polar surface area (TPSA) is 87.6 Å². The minimum atomic E-state index is -4.06. The number of thiazole rings is 1. The van der Waals surface area contributed by atoms with E-state index in [1.807, 2.05) is 0 Å². The fourth-order valence-corrected chi connectivity index (χ4v) is 5.82. The fraction of sp³-hybridized carbons (Fsp3) is 0.238. The maximum atomic E-state index is 13.5. The van der Waals surface area contributed by atoms with Crippen LogP contribution in [0.5, 0.6) is 0 Å². The molecule has 164 valence electrons. The standard InChI is InChI=1S/C21H20ClFN2O4S2/c1-4-13-6-8-15(11-16(13)21(26)27)31(28,29)25(5-2)19-12(3)30-20(24-19)14-7-9-18(23)17(22)10-14/h6-11H,4-5H2,1-3H3,(H,26,27). The molecule has 0 spiro atoms. The Morgan fingerprint density at radius 2 is 1.94 bits per heavy atom. The van der Waals surface area contributed by atoms with Crippen molar-refractivity contribution in [3.63, 3.8) is 0 Å². The Labute approximate surface area is 189 Å². The van der Waals surface area contributed by atoms with Gasteiger partial charge in [-0.1, -0.05) is 24.6 Å². The summed E-state index contributed by atoms with van der Waals surface area (Å²) in [6, 6.07) is 8.30. The molecule has 0 aliphatic heterocycles. The Hall–Kier alpha value is -2.49. The van der Waals surface area contributed by atoms with Crippen molar-refractivity contribution in [1.82, 2.24) is 4.98 Å². The van der Waals surface area contributed by atoms with E-state index in [4.69, 9.17) is 11.6 Å². The van der Waals surface area contributed by atoms with Crippen molar-refractivity contribution in [3.05, 3.63) is 63.2 Å². The Bertz CT molecular complexity index is 1260. The largest absolute Gasteiger partial charge is 0.478 e. The van der Waals surface area contributed by atoms with Gasteiger partial charge in [0.05, 0.1) is 15.5 Å². The Kier molecular flexibility index (Phi) is 6.68. The average molecular weight is 483 g/mol. The van der Waals surface area contributed by atoms with Crippen LogP contribution in [0.2, 0.25) is 5.02 Å². The van der Waals surface area contributed by atoms with Crippen LogP contribution in [0.3, 0.4) is 0 Å². The zero-order chi connectivity index (χ0) is 22.9. The van der Waals surface area contributed by atoms with Gasteiger partial charge in [0, 0.05) is 17.0 Å². The van der Waals surface area contributed by atoms with E-state index < -0.39 is 21.8 Å². The number of halogens is 2. The van der Waals surface area contributed by atoms with Gasteiger partial charge in [-0.2, -0.15) is 0 Å². The molecule has 3 rings (SSSR count). The predicted molar refractivity (Wildman–Crippen MR) is 120 cm³/mol. The summed E-state index contributed by atoms with van der Waals surface area (Å²) in [5, 5.41) is 9.90. The molecule has 0 saturated carbocycles. The van der Waals surface area contributed by atoms with Crippen molar-refractivity contribution in [2.24, 2.45) is 0 Å². The highest BCUT2D eigenvalue weighted by Crippen LogP contribution is 2.36. The van der Waals surface area contributed by atoms with E-state index in [-0.39, 0.29) is 27.8 Å². The number of aromatic carboxylic acids is 1. The highest BCUT2D eigenvalue weighted by Gasteiger charge is 2.29. The van der Waals surface area contributed by atoms with Crippen LogP contribution in [0.15, 0.2) is 41.3 Å². The van der Waals surface area contributed by atoms with Crippen LogP contribution in [0.1, 0.15) is 34.6 Å². The number of hydrogen-bond acceptors (Lipinski definition) is 5. The average Bonchev–Trinajstić information content (AvgIpc) is 3.11. The summed E-state index contributed by atoms with van der Waals surface area (Å²) >= 11 is 7.12. The molecule has 0 aliphatic rings. The van der Waals surface area contributed by atoms with Crippen LogP contribution in [-0.2, 0) is 16.4 Å². The first kappa shape index (κ1) is 23.2. The molecule has 0 fully saturated rings. The van der Waals surface area contributed by atoms with Crippen molar-refractivity contribution in [1.29, 1.82) is 0 Å². The van der Waals surface area contributed by atoms with Crippen LogP contribution < -0.4 is 4.31 Å². The van der Waals surface area contributed by atoms with Gasteiger partial charge in [-0.25, -0.2) is 26.9 Å². The maximum Gasteiger partial charge on any atom is 0.336 e. The maximum absolute atomic E-state index is 13.5. The van der Waals surface area contributed by atoms with Crippen molar-refractivity contribution >= 4 is 44.7 Å². The zero-order valence-corrected chi connectivity index (χ0v) is 19.4. The van der Waals surface area contributed by atoms with Crippen LogP contribution in [0, 0.1) is 12.7 Å². The molecule has 10 heteroatoms. The molecule has 0 aliphatic carbocycles. The molecule has 0 atom stereocenters. The van der Waals surface area contributed by atoms with E-state index in [1.54, 1.807) is 20.8 Å². The second-order valence-electron chi connectivity index (χ2n) is 6.68. The monoisotopic (exact) mass is 482 g/mol. The molecule has 6 nitrogen and oxygen atoms in total. The first-order valence-electron chi connectivity index (χ1n) is 9.41. The van der Waals surface area contributed by atoms with Gasteiger partial charge in [0.1, 0.15) is 10.8 Å². The third kappa shape index (κ3) is 4.44. The number of rotatable bonds is 7. The minimum absolute atomic E-state index is 0.0451. The third-order valence-electron chi connectivity index (χ3n) is 4.74. The number of aryl methyl sites for hydroxylation is 2. The number of carboxylic acid groups (broad SMARTS) is 1. The van der Waals surface area contributed by atoms with Gasteiger partial charge < -0.3 is 5.11 Å². The quantitative estimate of drug-likeness (QED) is 0.488. The van der Waals surface area contributed by atoms with Gasteiger partial charge in [-0.15, -0.1) is 11.3 Å². The lowest BCUT2D eigenvalue weighted by Gasteiger charge is -2.22. The van der Waals surface area contributed by atoms with Crippen LogP contribution in [0.4, 0.5) is 10.2 Å². The summed E-state index contributed by atoms with van der Waals surface area (Å²) in [7, 11) is -4.06. The molecule has 3 aromatic rings. The summed E-state index contributed by atoms with van der Waals surface area (Å²) in [5.41, 5.74) is 1.07. The SMILES string of the molecule is CCc1ccc(S(=O)(=O)N(CC)c2nc(-c3ccc(F)c(Cl)c3)sc2C)cc1C(=O)O.